The van der Waals surface area contributed by atoms with Crippen LogP contribution >= 0.6 is 22.9 Å². The average Bonchev–Trinajstić information content (AvgIpc) is 3.07. The van der Waals surface area contributed by atoms with Crippen molar-refractivity contribution in [1.82, 2.24) is 9.55 Å². The first-order valence-corrected chi connectivity index (χ1v) is 7.78. The molecule has 0 spiro atoms. The van der Waals surface area contributed by atoms with E-state index in [9.17, 15) is 4.79 Å². The fraction of sp³-hybridized carbons (Fsp3) is 0.429. The van der Waals surface area contributed by atoms with E-state index in [0.29, 0.717) is 11.6 Å². The first-order valence-electron chi connectivity index (χ1n) is 6.53. The molecule has 0 saturated carbocycles. The van der Waals surface area contributed by atoms with Gasteiger partial charge in [-0.1, -0.05) is 17.7 Å². The number of imidazole rings is 1. The zero-order valence-electron chi connectivity index (χ0n) is 11.1. The maximum Gasteiger partial charge on any atom is 0.309 e. The summed E-state index contributed by atoms with van der Waals surface area (Å²) in [7, 11) is 1.43. The lowest BCUT2D eigenvalue weighted by Gasteiger charge is -2.23. The number of hydrogen-bond donors (Lipinski definition) is 0. The van der Waals surface area contributed by atoms with Gasteiger partial charge in [0.2, 0.25) is 0 Å². The molecule has 106 valence electrons. The highest BCUT2D eigenvalue weighted by Crippen LogP contribution is 2.29. The molecule has 20 heavy (non-hydrogen) atoms. The van der Waals surface area contributed by atoms with Crippen LogP contribution in [0.5, 0.6) is 0 Å². The van der Waals surface area contributed by atoms with E-state index in [4.69, 9.17) is 16.3 Å². The van der Waals surface area contributed by atoms with E-state index in [0.717, 1.165) is 30.9 Å². The molecule has 0 aromatic carbocycles. The van der Waals surface area contributed by atoms with Crippen molar-refractivity contribution in [3.63, 3.8) is 0 Å². The molecule has 4 nitrogen and oxygen atoms in total. The summed E-state index contributed by atoms with van der Waals surface area (Å²) >= 11 is 7.95. The number of esters is 1. The number of rotatable bonds is 3. The molecule has 0 fully saturated rings. The van der Waals surface area contributed by atoms with Crippen LogP contribution < -0.4 is 0 Å². The summed E-state index contributed by atoms with van der Waals surface area (Å²) in [5.74, 6) is 0.723. The Bertz CT molecular complexity index is 621. The quantitative estimate of drug-likeness (QED) is 0.819. The molecular weight excluding hydrogens is 296 g/mol. The van der Waals surface area contributed by atoms with E-state index in [1.54, 1.807) is 11.3 Å². The van der Waals surface area contributed by atoms with Crippen LogP contribution in [0, 0.1) is 5.92 Å². The topological polar surface area (TPSA) is 44.1 Å². The summed E-state index contributed by atoms with van der Waals surface area (Å²) in [5.41, 5.74) is 0.958. The maximum atomic E-state index is 11.7. The number of hydrogen-bond acceptors (Lipinski definition) is 4. The summed E-state index contributed by atoms with van der Waals surface area (Å²) < 4.78 is 6.98. The van der Waals surface area contributed by atoms with Gasteiger partial charge >= 0.3 is 5.97 Å². The lowest BCUT2D eigenvalue weighted by Crippen LogP contribution is -2.27. The second-order valence-electron chi connectivity index (χ2n) is 4.89. The second-order valence-corrected chi connectivity index (χ2v) is 6.28. The van der Waals surface area contributed by atoms with Crippen molar-refractivity contribution in [3.05, 3.63) is 39.1 Å². The summed E-state index contributed by atoms with van der Waals surface area (Å²) in [6.45, 7) is 0.773. The van der Waals surface area contributed by atoms with Crippen LogP contribution in [-0.2, 0) is 28.9 Å². The summed E-state index contributed by atoms with van der Waals surface area (Å²) in [5, 5.41) is 2.58. The summed E-state index contributed by atoms with van der Waals surface area (Å²) in [6, 6.07) is 4.13. The van der Waals surface area contributed by atoms with Crippen molar-refractivity contribution in [2.75, 3.05) is 7.11 Å². The fourth-order valence-corrected chi connectivity index (χ4v) is 3.63. The lowest BCUT2D eigenvalue weighted by molar-refractivity contribution is -0.146. The maximum absolute atomic E-state index is 11.7. The van der Waals surface area contributed by atoms with Gasteiger partial charge in [-0.2, -0.15) is 0 Å². The van der Waals surface area contributed by atoms with Crippen LogP contribution in [0.1, 0.15) is 22.8 Å². The van der Waals surface area contributed by atoms with Crippen LogP contribution in [0.25, 0.3) is 0 Å². The second kappa shape index (κ2) is 5.58. The normalized spacial score (nSPS) is 17.8. The number of ether oxygens (including phenoxy) is 1. The molecule has 2 aromatic rings. The van der Waals surface area contributed by atoms with Gasteiger partial charge in [0.25, 0.3) is 0 Å². The highest BCUT2D eigenvalue weighted by atomic mass is 35.5. The minimum atomic E-state index is -0.159. The molecule has 1 unspecified atom stereocenters. The van der Waals surface area contributed by atoms with Crippen molar-refractivity contribution in [2.24, 2.45) is 5.92 Å². The highest BCUT2D eigenvalue weighted by Gasteiger charge is 2.29. The Kier molecular flexibility index (Phi) is 3.81. The fourth-order valence-electron chi connectivity index (χ4n) is 2.66. The van der Waals surface area contributed by atoms with Crippen LogP contribution in [0.4, 0.5) is 0 Å². The largest absolute Gasteiger partial charge is 0.469 e. The third kappa shape index (κ3) is 2.47. The Morgan fingerprint density at radius 3 is 3.20 bits per heavy atom. The molecule has 1 aliphatic rings. The number of carbonyl (C=O) groups is 1. The third-order valence-electron chi connectivity index (χ3n) is 3.69. The zero-order valence-corrected chi connectivity index (χ0v) is 12.7. The summed E-state index contributed by atoms with van der Waals surface area (Å²) in [4.78, 5) is 17.4. The first-order chi connectivity index (χ1) is 9.69. The zero-order chi connectivity index (χ0) is 14.1. The molecule has 0 bridgehead atoms. The molecule has 3 rings (SSSR count). The molecule has 0 amide bonds. The van der Waals surface area contributed by atoms with Gasteiger partial charge in [0.15, 0.2) is 5.15 Å². The third-order valence-corrected chi connectivity index (χ3v) is 4.87. The van der Waals surface area contributed by atoms with Gasteiger partial charge in [-0.3, -0.25) is 4.79 Å². The van der Waals surface area contributed by atoms with E-state index < -0.39 is 0 Å². The molecule has 1 atom stereocenters. The number of halogens is 1. The molecule has 0 saturated heterocycles. The lowest BCUT2D eigenvalue weighted by atomic mass is 9.96. The molecule has 3 heterocycles. The molecule has 0 aliphatic carbocycles. The van der Waals surface area contributed by atoms with Crippen molar-refractivity contribution in [1.29, 1.82) is 0 Å². The number of thiophene rings is 1. The van der Waals surface area contributed by atoms with E-state index in [2.05, 4.69) is 21.0 Å². The van der Waals surface area contributed by atoms with Crippen molar-refractivity contribution >= 4 is 28.9 Å². The number of methoxy groups -OCH3 is 1. The first kappa shape index (κ1) is 13.6. The number of nitrogens with zero attached hydrogens (tertiary/aromatic N) is 2. The Balaban J connectivity index is 1.85. The Hall–Kier alpha value is -1.33. The van der Waals surface area contributed by atoms with E-state index in [-0.39, 0.29) is 11.9 Å². The molecule has 0 radical (unpaired) electrons. The Labute approximate surface area is 126 Å². The molecule has 2 aromatic heterocycles. The Morgan fingerprint density at radius 1 is 1.65 bits per heavy atom. The summed E-state index contributed by atoms with van der Waals surface area (Å²) in [6.07, 6.45) is 2.19. The van der Waals surface area contributed by atoms with E-state index in [1.165, 1.54) is 12.0 Å². The van der Waals surface area contributed by atoms with Crippen LogP contribution in [0.2, 0.25) is 5.15 Å². The van der Waals surface area contributed by atoms with Gasteiger partial charge in [0.1, 0.15) is 5.82 Å². The minimum Gasteiger partial charge on any atom is -0.469 e. The molecule has 6 heteroatoms. The van der Waals surface area contributed by atoms with Crippen molar-refractivity contribution in [3.8, 4) is 0 Å². The van der Waals surface area contributed by atoms with E-state index in [1.807, 2.05) is 6.07 Å². The van der Waals surface area contributed by atoms with Gasteiger partial charge in [-0.15, -0.1) is 11.3 Å². The van der Waals surface area contributed by atoms with Crippen molar-refractivity contribution in [2.45, 2.75) is 25.8 Å². The van der Waals surface area contributed by atoms with Gasteiger partial charge in [-0.25, -0.2) is 4.98 Å². The number of fused-ring (bicyclic) bond motifs is 1. The van der Waals surface area contributed by atoms with Gasteiger partial charge in [0, 0.05) is 24.3 Å². The van der Waals surface area contributed by atoms with E-state index >= 15 is 0 Å². The smallest absolute Gasteiger partial charge is 0.309 e. The molecule has 1 aliphatic heterocycles. The SMILES string of the molecule is COC(=O)C1CCn2c(Cc3cccs3)nc(Cl)c2C1. The number of carbonyl (C=O) groups excluding carboxylic acids is 1. The highest BCUT2D eigenvalue weighted by molar-refractivity contribution is 7.09. The van der Waals surface area contributed by atoms with Gasteiger partial charge in [-0.05, 0) is 17.9 Å². The van der Waals surface area contributed by atoms with Gasteiger partial charge < -0.3 is 9.30 Å². The van der Waals surface area contributed by atoms with Crippen LogP contribution in [0.3, 0.4) is 0 Å². The van der Waals surface area contributed by atoms with Crippen LogP contribution in [-0.4, -0.2) is 22.6 Å². The molecular formula is C14H15ClN2O2S. The van der Waals surface area contributed by atoms with Crippen LogP contribution in [0.15, 0.2) is 17.5 Å². The Morgan fingerprint density at radius 2 is 2.50 bits per heavy atom. The monoisotopic (exact) mass is 310 g/mol. The number of aromatic nitrogens is 2. The predicted molar refractivity (Wildman–Crippen MR) is 78.2 cm³/mol. The molecule has 0 N–H and O–H groups in total. The average molecular weight is 311 g/mol. The van der Waals surface area contributed by atoms with Crippen molar-refractivity contribution < 1.29 is 9.53 Å². The standard InChI is InChI=1S/C14H15ClN2O2S/c1-19-14(18)9-4-5-17-11(7-9)13(15)16-12(17)8-10-3-2-6-20-10/h2-3,6,9H,4-5,7-8H2,1H3. The predicted octanol–water partition coefficient (Wildman–Crippen LogP) is 2.92. The van der Waals surface area contributed by atoms with Gasteiger partial charge in [0.05, 0.1) is 18.7 Å². The minimum absolute atomic E-state index is 0.101.